The Labute approximate surface area is 146 Å². The molecule has 0 spiro atoms. The molecule has 0 saturated heterocycles. The molecule has 10 heteroatoms. The molecule has 1 aromatic carbocycles. The molecule has 0 N–H and O–H groups in total. The Morgan fingerprint density at radius 3 is 2.48 bits per heavy atom. The molecule has 0 aliphatic rings. The summed E-state index contributed by atoms with van der Waals surface area (Å²) in [6.45, 7) is 0. The number of nitro groups is 1. The molecule has 2 heterocycles. The van der Waals surface area contributed by atoms with Crippen molar-refractivity contribution < 1.29 is 9.34 Å². The summed E-state index contributed by atoms with van der Waals surface area (Å²) in [5.74, 6) is 1.06. The average molecular weight is 441 g/mol. The molecular weight excluding hydrogens is 434 g/mol. The van der Waals surface area contributed by atoms with Crippen molar-refractivity contribution in [1.82, 2.24) is 14.9 Å². The Morgan fingerprint density at radius 2 is 1.87 bits per heavy atom. The van der Waals surface area contributed by atoms with Crippen LogP contribution in [-0.2, 0) is 0 Å². The molecule has 23 heavy (non-hydrogen) atoms. The third-order valence-corrected chi connectivity index (χ3v) is 4.09. The van der Waals surface area contributed by atoms with E-state index in [1.54, 1.807) is 12.1 Å². The lowest BCUT2D eigenvalue weighted by Gasteiger charge is -2.04. The van der Waals surface area contributed by atoms with Crippen molar-refractivity contribution in [2.75, 3.05) is 0 Å². The summed E-state index contributed by atoms with van der Waals surface area (Å²) < 4.78 is 8.23. The minimum Gasteiger partial charge on any atom is -0.455 e. The lowest BCUT2D eigenvalue weighted by atomic mass is 10.1. The van der Waals surface area contributed by atoms with E-state index in [4.69, 9.17) is 4.42 Å². The van der Waals surface area contributed by atoms with Gasteiger partial charge in [-0.05, 0) is 44.0 Å². The SMILES string of the molecule is O=[N+]([O-])c1cc(Br)c(-c2ccc(/C=N\n3cnnc3)o2)c(Br)c1. The van der Waals surface area contributed by atoms with Gasteiger partial charge in [-0.3, -0.25) is 10.1 Å². The van der Waals surface area contributed by atoms with Crippen LogP contribution in [0.5, 0.6) is 0 Å². The summed E-state index contributed by atoms with van der Waals surface area (Å²) in [7, 11) is 0. The molecule has 0 unspecified atom stereocenters. The molecule has 0 aliphatic heterocycles. The molecule has 0 amide bonds. The molecule has 0 bridgehead atoms. The number of benzene rings is 1. The molecular formula is C13H7Br2N5O3. The molecule has 0 saturated carbocycles. The zero-order valence-corrected chi connectivity index (χ0v) is 14.4. The lowest BCUT2D eigenvalue weighted by Crippen LogP contribution is -1.90. The van der Waals surface area contributed by atoms with Crippen LogP contribution in [0.4, 0.5) is 5.69 Å². The van der Waals surface area contributed by atoms with E-state index in [2.05, 4.69) is 47.2 Å². The Bertz CT molecular complexity index is 866. The van der Waals surface area contributed by atoms with Gasteiger partial charge in [0.15, 0.2) is 0 Å². The highest BCUT2D eigenvalue weighted by molar-refractivity contribution is 9.11. The first-order valence-corrected chi connectivity index (χ1v) is 7.76. The summed E-state index contributed by atoms with van der Waals surface area (Å²) in [6, 6.07) is 6.34. The fourth-order valence-electron chi connectivity index (χ4n) is 1.84. The van der Waals surface area contributed by atoms with Crippen molar-refractivity contribution in [3.63, 3.8) is 0 Å². The van der Waals surface area contributed by atoms with Crippen molar-refractivity contribution in [3.8, 4) is 11.3 Å². The highest BCUT2D eigenvalue weighted by atomic mass is 79.9. The molecule has 3 aromatic rings. The van der Waals surface area contributed by atoms with E-state index in [1.165, 1.54) is 35.7 Å². The highest BCUT2D eigenvalue weighted by Gasteiger charge is 2.17. The van der Waals surface area contributed by atoms with Gasteiger partial charge in [-0.2, -0.15) is 5.10 Å². The lowest BCUT2D eigenvalue weighted by molar-refractivity contribution is -0.385. The quantitative estimate of drug-likeness (QED) is 0.348. The number of nitrogens with zero attached hydrogens (tertiary/aromatic N) is 5. The molecule has 3 rings (SSSR count). The molecule has 116 valence electrons. The second-order valence-electron chi connectivity index (χ2n) is 4.33. The summed E-state index contributed by atoms with van der Waals surface area (Å²) >= 11 is 6.67. The summed E-state index contributed by atoms with van der Waals surface area (Å²) in [6.07, 6.45) is 4.41. The van der Waals surface area contributed by atoms with Gasteiger partial charge < -0.3 is 4.42 Å². The van der Waals surface area contributed by atoms with Gasteiger partial charge in [0.1, 0.15) is 24.2 Å². The van der Waals surface area contributed by atoms with Gasteiger partial charge in [0.2, 0.25) is 0 Å². The maximum atomic E-state index is 10.9. The zero-order valence-electron chi connectivity index (χ0n) is 11.3. The van der Waals surface area contributed by atoms with Crippen LogP contribution in [-0.4, -0.2) is 26.0 Å². The van der Waals surface area contributed by atoms with Gasteiger partial charge in [0, 0.05) is 26.6 Å². The van der Waals surface area contributed by atoms with Crippen LogP contribution in [0.15, 0.2) is 55.4 Å². The van der Waals surface area contributed by atoms with Crippen LogP contribution in [0.3, 0.4) is 0 Å². The van der Waals surface area contributed by atoms with Crippen LogP contribution < -0.4 is 0 Å². The number of hydrogen-bond donors (Lipinski definition) is 0. The second kappa shape index (κ2) is 6.42. The van der Waals surface area contributed by atoms with Crippen molar-refractivity contribution in [2.24, 2.45) is 5.10 Å². The zero-order chi connectivity index (χ0) is 16.4. The number of rotatable bonds is 4. The molecule has 0 aliphatic carbocycles. The monoisotopic (exact) mass is 439 g/mol. The van der Waals surface area contributed by atoms with E-state index >= 15 is 0 Å². The van der Waals surface area contributed by atoms with Crippen molar-refractivity contribution in [3.05, 3.63) is 61.7 Å². The van der Waals surface area contributed by atoms with Gasteiger partial charge in [-0.1, -0.05) is 0 Å². The molecule has 0 atom stereocenters. The fraction of sp³-hybridized carbons (Fsp3) is 0. The standard InChI is InChI=1S/C13H7Br2N5O3/c14-10-3-8(20(21)22)4-11(15)13(10)12-2-1-9(23-12)5-18-19-6-16-17-7-19/h1-7H/b18-5-. The predicted molar refractivity (Wildman–Crippen MR) is 89.2 cm³/mol. The van der Waals surface area contributed by atoms with Crippen molar-refractivity contribution in [1.29, 1.82) is 0 Å². The van der Waals surface area contributed by atoms with E-state index in [0.717, 1.165) is 0 Å². The normalized spacial score (nSPS) is 11.2. The molecule has 2 aromatic heterocycles. The number of halogens is 2. The number of furan rings is 1. The first-order valence-electron chi connectivity index (χ1n) is 6.17. The van der Waals surface area contributed by atoms with Crippen LogP contribution in [0.1, 0.15) is 5.76 Å². The van der Waals surface area contributed by atoms with E-state index in [-0.39, 0.29) is 5.69 Å². The maximum absolute atomic E-state index is 10.9. The predicted octanol–water partition coefficient (Wildman–Crippen LogP) is 3.85. The minimum atomic E-state index is -0.460. The fourth-order valence-corrected chi connectivity index (χ4v) is 3.39. The van der Waals surface area contributed by atoms with E-state index in [0.29, 0.717) is 26.0 Å². The Hall–Kier alpha value is -2.33. The summed E-state index contributed by atoms with van der Waals surface area (Å²) in [4.78, 5) is 10.4. The van der Waals surface area contributed by atoms with Gasteiger partial charge >= 0.3 is 0 Å². The van der Waals surface area contributed by atoms with Crippen molar-refractivity contribution >= 4 is 43.8 Å². The third kappa shape index (κ3) is 3.37. The van der Waals surface area contributed by atoms with Gasteiger partial charge in [-0.25, -0.2) is 4.68 Å². The third-order valence-electron chi connectivity index (χ3n) is 2.84. The minimum absolute atomic E-state index is 0.0200. The summed E-state index contributed by atoms with van der Waals surface area (Å²) in [5.41, 5.74) is 0.660. The first kappa shape index (κ1) is 15.6. The Morgan fingerprint density at radius 1 is 1.22 bits per heavy atom. The number of hydrogen-bond acceptors (Lipinski definition) is 6. The Balaban J connectivity index is 1.93. The topological polar surface area (TPSA) is 99.3 Å². The van der Waals surface area contributed by atoms with Crippen LogP contribution in [0, 0.1) is 10.1 Å². The van der Waals surface area contributed by atoms with Gasteiger partial charge in [0.05, 0.1) is 11.1 Å². The summed E-state index contributed by atoms with van der Waals surface area (Å²) in [5, 5.41) is 22.2. The largest absolute Gasteiger partial charge is 0.455 e. The Kier molecular flexibility index (Phi) is 4.35. The molecule has 0 fully saturated rings. The van der Waals surface area contributed by atoms with Gasteiger partial charge in [-0.15, -0.1) is 10.2 Å². The molecule has 0 radical (unpaired) electrons. The average Bonchev–Trinajstić information content (AvgIpc) is 3.15. The first-order chi connectivity index (χ1) is 11.0. The van der Waals surface area contributed by atoms with Crippen LogP contribution >= 0.6 is 31.9 Å². The van der Waals surface area contributed by atoms with Crippen molar-refractivity contribution in [2.45, 2.75) is 0 Å². The van der Waals surface area contributed by atoms with Crippen LogP contribution in [0.25, 0.3) is 11.3 Å². The highest BCUT2D eigenvalue weighted by Crippen LogP contribution is 2.38. The van der Waals surface area contributed by atoms with E-state index in [1.807, 2.05) is 0 Å². The van der Waals surface area contributed by atoms with Crippen LogP contribution in [0.2, 0.25) is 0 Å². The maximum Gasteiger partial charge on any atom is 0.271 e. The van der Waals surface area contributed by atoms with Gasteiger partial charge in [0.25, 0.3) is 5.69 Å². The number of nitro benzene ring substituents is 1. The van der Waals surface area contributed by atoms with E-state index in [9.17, 15) is 10.1 Å². The molecule has 8 nitrogen and oxygen atoms in total. The second-order valence-corrected chi connectivity index (χ2v) is 6.04. The number of non-ortho nitro benzene ring substituents is 1. The number of aromatic nitrogens is 3. The van der Waals surface area contributed by atoms with E-state index < -0.39 is 4.92 Å². The smallest absolute Gasteiger partial charge is 0.271 e.